The van der Waals surface area contributed by atoms with Gasteiger partial charge in [-0.2, -0.15) is 0 Å². The summed E-state index contributed by atoms with van der Waals surface area (Å²) in [5, 5.41) is 17.9. The number of nitro groups is 1. The first-order chi connectivity index (χ1) is 7.18. The molecular formula is C8H5N3O3S. The highest BCUT2D eigenvalue weighted by molar-refractivity contribution is 7.80. The smallest absolute Gasteiger partial charge is 0.304 e. The molecule has 1 unspecified atom stereocenters. The van der Waals surface area contributed by atoms with Crippen LogP contribution in [0.25, 0.3) is 0 Å². The van der Waals surface area contributed by atoms with Crippen molar-refractivity contribution in [1.82, 2.24) is 0 Å². The molecule has 0 radical (unpaired) electrons. The fraction of sp³-hybridized carbons (Fsp3) is 0.125. The van der Waals surface area contributed by atoms with E-state index in [4.69, 9.17) is 4.74 Å². The van der Waals surface area contributed by atoms with Gasteiger partial charge < -0.3 is 4.74 Å². The van der Waals surface area contributed by atoms with Crippen LogP contribution >= 0.6 is 12.2 Å². The quantitative estimate of drug-likeness (QED) is 0.438. The van der Waals surface area contributed by atoms with Gasteiger partial charge in [-0.3, -0.25) is 10.1 Å². The normalized spacial score (nSPS) is 18.9. The minimum Gasteiger partial charge on any atom is -0.436 e. The van der Waals surface area contributed by atoms with Crippen molar-refractivity contribution in [3.8, 4) is 0 Å². The van der Waals surface area contributed by atoms with Crippen molar-refractivity contribution in [1.29, 1.82) is 0 Å². The Bertz CT molecular complexity index is 460. The second kappa shape index (κ2) is 3.70. The molecule has 1 atom stereocenters. The topological polar surface area (TPSA) is 77.1 Å². The van der Waals surface area contributed by atoms with Gasteiger partial charge in [-0.15, -0.1) is 10.2 Å². The molecule has 1 aliphatic heterocycles. The summed E-state index contributed by atoms with van der Waals surface area (Å²) < 4.78 is 5.03. The minimum absolute atomic E-state index is 0.00171. The predicted octanol–water partition coefficient (Wildman–Crippen LogP) is 2.36. The van der Waals surface area contributed by atoms with Crippen molar-refractivity contribution in [2.24, 2.45) is 10.2 Å². The van der Waals surface area contributed by atoms with Crippen molar-refractivity contribution in [3.05, 3.63) is 39.9 Å². The summed E-state index contributed by atoms with van der Waals surface area (Å²) in [5.74, 6) is 0. The molecule has 76 valence electrons. The second-order valence-electron chi connectivity index (χ2n) is 2.77. The molecule has 0 fully saturated rings. The molecule has 0 aromatic heterocycles. The third kappa shape index (κ3) is 1.82. The summed E-state index contributed by atoms with van der Waals surface area (Å²) in [4.78, 5) is 10.2. The summed E-state index contributed by atoms with van der Waals surface area (Å²) in [6.45, 7) is 0. The number of nitrogens with zero attached hydrogens (tertiary/aromatic N) is 3. The Balaban J connectivity index is 2.40. The summed E-state index contributed by atoms with van der Waals surface area (Å²) in [6, 6.07) is 6.19. The highest BCUT2D eigenvalue weighted by atomic mass is 32.1. The first kappa shape index (κ1) is 9.66. The number of nitro benzene ring substituents is 1. The van der Waals surface area contributed by atoms with E-state index in [1.807, 2.05) is 0 Å². The third-order valence-corrected chi connectivity index (χ3v) is 2.03. The van der Waals surface area contributed by atoms with E-state index in [0.29, 0.717) is 5.56 Å². The highest BCUT2D eigenvalue weighted by Gasteiger charge is 2.26. The fourth-order valence-corrected chi connectivity index (χ4v) is 1.37. The van der Waals surface area contributed by atoms with Crippen LogP contribution < -0.4 is 0 Å². The number of azo groups is 1. The maximum Gasteiger partial charge on any atom is 0.304 e. The van der Waals surface area contributed by atoms with E-state index in [9.17, 15) is 10.1 Å². The lowest BCUT2D eigenvalue weighted by atomic mass is 10.1. The van der Waals surface area contributed by atoms with Crippen molar-refractivity contribution < 1.29 is 9.66 Å². The summed E-state index contributed by atoms with van der Waals surface area (Å²) >= 11 is 4.65. The third-order valence-electron chi connectivity index (χ3n) is 1.86. The van der Waals surface area contributed by atoms with Crippen molar-refractivity contribution in [3.63, 3.8) is 0 Å². The summed E-state index contributed by atoms with van der Waals surface area (Å²) in [6.07, 6.45) is -0.793. The van der Waals surface area contributed by atoms with E-state index in [1.54, 1.807) is 18.2 Å². The predicted molar refractivity (Wildman–Crippen MR) is 54.4 cm³/mol. The van der Waals surface area contributed by atoms with Gasteiger partial charge in [0.25, 0.3) is 5.69 Å². The molecule has 0 aliphatic carbocycles. The monoisotopic (exact) mass is 223 g/mol. The molecule has 1 aliphatic rings. The van der Waals surface area contributed by atoms with Crippen LogP contribution in [0.1, 0.15) is 11.8 Å². The highest BCUT2D eigenvalue weighted by Crippen LogP contribution is 2.31. The fourth-order valence-electron chi connectivity index (χ4n) is 1.23. The average molecular weight is 223 g/mol. The zero-order chi connectivity index (χ0) is 10.8. The average Bonchev–Trinajstić information content (AvgIpc) is 2.65. The van der Waals surface area contributed by atoms with E-state index in [-0.39, 0.29) is 10.9 Å². The maximum atomic E-state index is 10.7. The minimum atomic E-state index is -0.793. The molecular weight excluding hydrogens is 218 g/mol. The Labute approximate surface area is 89.7 Å². The van der Waals surface area contributed by atoms with Crippen LogP contribution in [0.4, 0.5) is 5.69 Å². The SMILES string of the molecule is O=[N+]([O-])c1ccccc1C1N=NC(=S)O1. The molecule has 0 amide bonds. The lowest BCUT2D eigenvalue weighted by Crippen LogP contribution is -2.02. The van der Waals surface area contributed by atoms with Crippen LogP contribution in [0, 0.1) is 10.1 Å². The molecule has 2 rings (SSSR count). The second-order valence-corrected chi connectivity index (χ2v) is 3.12. The van der Waals surface area contributed by atoms with E-state index in [2.05, 4.69) is 22.4 Å². The van der Waals surface area contributed by atoms with Gasteiger partial charge in [-0.1, -0.05) is 12.1 Å². The van der Waals surface area contributed by atoms with Crippen LogP contribution in [0.15, 0.2) is 34.5 Å². The Morgan fingerprint density at radius 2 is 2.20 bits per heavy atom. The molecule has 6 nitrogen and oxygen atoms in total. The number of benzene rings is 1. The Morgan fingerprint density at radius 3 is 2.80 bits per heavy atom. The Kier molecular flexibility index (Phi) is 2.38. The van der Waals surface area contributed by atoms with Gasteiger partial charge in [-0.05, 0) is 18.3 Å². The van der Waals surface area contributed by atoms with Crippen molar-refractivity contribution >= 4 is 23.1 Å². The molecule has 7 heteroatoms. The Morgan fingerprint density at radius 1 is 1.47 bits per heavy atom. The molecule has 15 heavy (non-hydrogen) atoms. The van der Waals surface area contributed by atoms with Gasteiger partial charge in [0.1, 0.15) is 0 Å². The van der Waals surface area contributed by atoms with E-state index in [1.165, 1.54) is 6.07 Å². The van der Waals surface area contributed by atoms with Crippen molar-refractivity contribution in [2.75, 3.05) is 0 Å². The van der Waals surface area contributed by atoms with Gasteiger partial charge in [0.05, 0.1) is 10.5 Å². The zero-order valence-corrected chi connectivity index (χ0v) is 8.18. The molecule has 1 aromatic carbocycles. The standard InChI is InChI=1S/C8H5N3O3S/c12-11(13)6-4-2-1-3-5(6)7-9-10-8(15)14-7/h1-4,7H. The summed E-state index contributed by atoms with van der Waals surface area (Å²) in [7, 11) is 0. The van der Waals surface area contributed by atoms with E-state index < -0.39 is 11.2 Å². The van der Waals surface area contributed by atoms with Gasteiger partial charge in [-0.25, -0.2) is 0 Å². The van der Waals surface area contributed by atoms with Gasteiger partial charge in [0.2, 0.25) is 6.23 Å². The molecule has 1 heterocycles. The number of thiocarbonyl (C=S) groups is 1. The maximum absolute atomic E-state index is 10.7. The lowest BCUT2D eigenvalue weighted by molar-refractivity contribution is -0.386. The molecule has 0 bridgehead atoms. The van der Waals surface area contributed by atoms with Crippen LogP contribution in [0.5, 0.6) is 0 Å². The number of hydrogen-bond donors (Lipinski definition) is 0. The molecule has 1 aromatic rings. The van der Waals surface area contributed by atoms with Gasteiger partial charge >= 0.3 is 5.17 Å². The number of para-hydroxylation sites is 1. The molecule has 0 N–H and O–H groups in total. The first-order valence-electron chi connectivity index (χ1n) is 4.03. The van der Waals surface area contributed by atoms with Crippen LogP contribution in [0.2, 0.25) is 0 Å². The molecule has 0 saturated carbocycles. The lowest BCUT2D eigenvalue weighted by Gasteiger charge is -2.06. The van der Waals surface area contributed by atoms with Crippen LogP contribution in [-0.2, 0) is 4.74 Å². The number of rotatable bonds is 2. The largest absolute Gasteiger partial charge is 0.436 e. The molecule has 0 saturated heterocycles. The number of ether oxygens (including phenoxy) is 1. The summed E-state index contributed by atoms with van der Waals surface area (Å²) in [5.41, 5.74) is 0.303. The van der Waals surface area contributed by atoms with Gasteiger partial charge in [0, 0.05) is 6.07 Å². The Hall–Kier alpha value is -1.89. The molecule has 0 spiro atoms. The van der Waals surface area contributed by atoms with Crippen molar-refractivity contribution in [2.45, 2.75) is 6.23 Å². The zero-order valence-electron chi connectivity index (χ0n) is 7.36. The van der Waals surface area contributed by atoms with Crippen LogP contribution in [0.3, 0.4) is 0 Å². The van der Waals surface area contributed by atoms with E-state index >= 15 is 0 Å². The van der Waals surface area contributed by atoms with E-state index in [0.717, 1.165) is 0 Å². The van der Waals surface area contributed by atoms with Crippen LogP contribution in [-0.4, -0.2) is 10.1 Å². The number of hydrogen-bond acceptors (Lipinski definition) is 5. The van der Waals surface area contributed by atoms with Gasteiger partial charge in [0.15, 0.2) is 0 Å². The first-order valence-corrected chi connectivity index (χ1v) is 4.44.